The Labute approximate surface area is 147 Å². The van der Waals surface area contributed by atoms with Crippen molar-refractivity contribution in [3.8, 4) is 5.75 Å². The van der Waals surface area contributed by atoms with Crippen LogP contribution in [0.15, 0.2) is 17.1 Å². The maximum atomic E-state index is 10.8. The zero-order valence-corrected chi connectivity index (χ0v) is 16.3. The van der Waals surface area contributed by atoms with Crippen LogP contribution in [0.3, 0.4) is 0 Å². The molecule has 1 aliphatic carbocycles. The second-order valence-corrected chi connectivity index (χ2v) is 9.35. The van der Waals surface area contributed by atoms with Crippen molar-refractivity contribution in [1.29, 1.82) is 0 Å². The van der Waals surface area contributed by atoms with Crippen LogP contribution in [0.25, 0.3) is 0 Å². The van der Waals surface area contributed by atoms with Gasteiger partial charge in [0.05, 0.1) is 0 Å². The Hall–Kier alpha value is -1.35. The van der Waals surface area contributed by atoms with Gasteiger partial charge in [0.1, 0.15) is 17.8 Å². The number of aromatic hydroxyl groups is 1. The second kappa shape index (κ2) is 6.87. The van der Waals surface area contributed by atoms with Crippen LogP contribution in [-0.2, 0) is 10.8 Å². The van der Waals surface area contributed by atoms with E-state index < -0.39 is 0 Å². The van der Waals surface area contributed by atoms with E-state index in [0.29, 0.717) is 11.8 Å². The topological polar surface area (TPSA) is 60.2 Å². The number of hydrogen-bond acceptors (Lipinski definition) is 2. The molecule has 2 atom stereocenters. The summed E-state index contributed by atoms with van der Waals surface area (Å²) in [5, 5.41) is 10.8. The van der Waals surface area contributed by atoms with E-state index in [1.165, 1.54) is 18.4 Å². The van der Waals surface area contributed by atoms with Gasteiger partial charge in [-0.05, 0) is 35.3 Å². The molecule has 4 N–H and O–H groups in total. The number of phenols is 1. The van der Waals surface area contributed by atoms with Crippen LogP contribution in [0.4, 0.5) is 0 Å². The number of hydrogen-bond donors (Lipinski definition) is 2. The summed E-state index contributed by atoms with van der Waals surface area (Å²) in [6.07, 6.45) is 6.64. The van der Waals surface area contributed by atoms with Crippen molar-refractivity contribution in [1.82, 2.24) is 0 Å². The first kappa shape index (κ1) is 19.0. The fourth-order valence-electron chi connectivity index (χ4n) is 3.32. The molecule has 0 aromatic heterocycles. The quantitative estimate of drug-likeness (QED) is 0.792. The SMILES string of the molecule is CC(C)(C)c1cc(C=NC2CCCCC2[NH3+])c(O)c(C(C)(C)C)c1. The summed E-state index contributed by atoms with van der Waals surface area (Å²) in [6, 6.07) is 4.92. The first-order valence-corrected chi connectivity index (χ1v) is 9.24. The van der Waals surface area contributed by atoms with Gasteiger partial charge >= 0.3 is 0 Å². The minimum absolute atomic E-state index is 0.0377. The Morgan fingerprint density at radius 1 is 1.04 bits per heavy atom. The van der Waals surface area contributed by atoms with Crippen molar-refractivity contribution >= 4 is 6.21 Å². The van der Waals surface area contributed by atoms with Gasteiger partial charge in [-0.2, -0.15) is 0 Å². The number of rotatable bonds is 2. The lowest BCUT2D eigenvalue weighted by molar-refractivity contribution is -0.428. The van der Waals surface area contributed by atoms with Crippen LogP contribution in [-0.4, -0.2) is 23.4 Å². The van der Waals surface area contributed by atoms with Crippen LogP contribution in [0.5, 0.6) is 5.75 Å². The molecule has 3 nitrogen and oxygen atoms in total. The second-order valence-electron chi connectivity index (χ2n) is 9.35. The smallest absolute Gasteiger partial charge is 0.128 e. The molecule has 2 unspecified atom stereocenters. The molecule has 0 radical (unpaired) electrons. The fraction of sp³-hybridized carbons (Fsp3) is 0.667. The molecule has 0 saturated heterocycles. The Bertz CT molecular complexity index is 605. The van der Waals surface area contributed by atoms with Crippen molar-refractivity contribution < 1.29 is 10.8 Å². The van der Waals surface area contributed by atoms with Gasteiger partial charge in [0.2, 0.25) is 0 Å². The lowest BCUT2D eigenvalue weighted by atomic mass is 9.79. The predicted octanol–water partition coefficient (Wildman–Crippen LogP) is 3.96. The highest BCUT2D eigenvalue weighted by molar-refractivity contribution is 5.85. The van der Waals surface area contributed by atoms with Crippen LogP contribution >= 0.6 is 0 Å². The summed E-state index contributed by atoms with van der Waals surface area (Å²) in [7, 11) is 0. The molecule has 1 aromatic carbocycles. The average molecular weight is 332 g/mol. The molecule has 0 heterocycles. The normalized spacial score (nSPS) is 23.0. The van der Waals surface area contributed by atoms with Gasteiger partial charge in [0.15, 0.2) is 0 Å². The highest BCUT2D eigenvalue weighted by Gasteiger charge is 2.26. The number of benzene rings is 1. The molecule has 1 saturated carbocycles. The van der Waals surface area contributed by atoms with Gasteiger partial charge in [-0.3, -0.25) is 4.99 Å². The van der Waals surface area contributed by atoms with Gasteiger partial charge in [0.25, 0.3) is 0 Å². The molecule has 0 amide bonds. The third-order valence-electron chi connectivity index (χ3n) is 5.09. The maximum absolute atomic E-state index is 10.8. The highest BCUT2D eigenvalue weighted by Crippen LogP contribution is 2.37. The van der Waals surface area contributed by atoms with E-state index in [1.54, 1.807) is 0 Å². The zero-order valence-electron chi connectivity index (χ0n) is 16.3. The van der Waals surface area contributed by atoms with Crippen molar-refractivity contribution in [3.63, 3.8) is 0 Å². The average Bonchev–Trinajstić information content (AvgIpc) is 2.45. The number of aliphatic imine (C=N–C) groups is 1. The van der Waals surface area contributed by atoms with Crippen LogP contribution in [0.1, 0.15) is 83.9 Å². The van der Waals surface area contributed by atoms with Crippen LogP contribution in [0, 0.1) is 0 Å². The minimum Gasteiger partial charge on any atom is -0.507 e. The predicted molar refractivity (Wildman–Crippen MR) is 102 cm³/mol. The maximum Gasteiger partial charge on any atom is 0.128 e. The monoisotopic (exact) mass is 331 g/mol. The largest absolute Gasteiger partial charge is 0.507 e. The van der Waals surface area contributed by atoms with Crippen molar-refractivity contribution in [2.75, 3.05) is 0 Å². The molecule has 0 aliphatic heterocycles. The summed E-state index contributed by atoms with van der Waals surface area (Å²) in [6.45, 7) is 13.0. The summed E-state index contributed by atoms with van der Waals surface area (Å²) in [5.41, 5.74) is 7.25. The molecule has 0 bridgehead atoms. The zero-order chi connectivity index (χ0) is 18.1. The third kappa shape index (κ3) is 4.38. The fourth-order valence-corrected chi connectivity index (χ4v) is 3.32. The molecule has 24 heavy (non-hydrogen) atoms. The van der Waals surface area contributed by atoms with E-state index in [9.17, 15) is 5.11 Å². The molecule has 2 rings (SSSR count). The summed E-state index contributed by atoms with van der Waals surface area (Å²) in [4.78, 5) is 4.79. The Kier molecular flexibility index (Phi) is 5.44. The Balaban J connectivity index is 2.44. The lowest BCUT2D eigenvalue weighted by Gasteiger charge is -2.27. The molecular formula is C21H35N2O+. The van der Waals surface area contributed by atoms with Crippen LogP contribution < -0.4 is 5.73 Å². The first-order chi connectivity index (χ1) is 11.0. The Morgan fingerprint density at radius 2 is 1.67 bits per heavy atom. The number of quaternary nitrogens is 1. The van der Waals surface area contributed by atoms with Crippen molar-refractivity contribution in [3.05, 3.63) is 28.8 Å². The van der Waals surface area contributed by atoms with Gasteiger partial charge in [-0.1, -0.05) is 54.0 Å². The standard InChI is InChI=1S/C21H34N2O/c1-20(2,3)15-11-14(19(24)16(12-15)21(4,5)6)13-23-18-10-8-7-9-17(18)22/h11-13,17-18,24H,7-10,22H2,1-6H3/p+1. The summed E-state index contributed by atoms with van der Waals surface area (Å²) < 4.78 is 0. The van der Waals surface area contributed by atoms with E-state index >= 15 is 0 Å². The third-order valence-corrected chi connectivity index (χ3v) is 5.09. The van der Waals surface area contributed by atoms with E-state index in [0.717, 1.165) is 24.0 Å². The molecule has 1 aromatic rings. The lowest BCUT2D eigenvalue weighted by Crippen LogP contribution is -2.66. The molecule has 0 spiro atoms. The molecule has 1 aliphatic rings. The van der Waals surface area contributed by atoms with Gasteiger partial charge < -0.3 is 10.8 Å². The van der Waals surface area contributed by atoms with Crippen molar-refractivity contribution in [2.45, 2.75) is 90.1 Å². The Morgan fingerprint density at radius 3 is 2.21 bits per heavy atom. The minimum atomic E-state index is -0.104. The van der Waals surface area contributed by atoms with Crippen molar-refractivity contribution in [2.24, 2.45) is 4.99 Å². The summed E-state index contributed by atoms with van der Waals surface area (Å²) in [5.74, 6) is 0.371. The van der Waals surface area contributed by atoms with E-state index in [2.05, 4.69) is 59.4 Å². The van der Waals surface area contributed by atoms with Gasteiger partial charge in [-0.25, -0.2) is 0 Å². The number of nitrogens with zero attached hydrogens (tertiary/aromatic N) is 1. The molecule has 134 valence electrons. The first-order valence-electron chi connectivity index (χ1n) is 9.24. The van der Waals surface area contributed by atoms with E-state index in [-0.39, 0.29) is 16.9 Å². The molecule has 1 fully saturated rings. The van der Waals surface area contributed by atoms with Gasteiger partial charge in [0, 0.05) is 23.8 Å². The van der Waals surface area contributed by atoms with Crippen LogP contribution in [0.2, 0.25) is 0 Å². The summed E-state index contributed by atoms with van der Waals surface area (Å²) >= 11 is 0. The molecule has 3 heteroatoms. The van der Waals surface area contributed by atoms with Gasteiger partial charge in [-0.15, -0.1) is 0 Å². The molecular weight excluding hydrogens is 296 g/mol. The number of phenolic OH excluding ortho intramolecular Hbond substituents is 1. The highest BCUT2D eigenvalue weighted by atomic mass is 16.3. The van der Waals surface area contributed by atoms with E-state index in [1.807, 2.05) is 6.21 Å². The van der Waals surface area contributed by atoms with E-state index in [4.69, 9.17) is 4.99 Å².